The van der Waals surface area contributed by atoms with E-state index in [1.165, 1.54) is 5.56 Å². The van der Waals surface area contributed by atoms with E-state index in [0.717, 1.165) is 11.3 Å². The molecule has 3 heteroatoms. The van der Waals surface area contributed by atoms with E-state index in [9.17, 15) is 5.11 Å². The topological polar surface area (TPSA) is 29.5 Å². The largest absolute Gasteiger partial charge is 0.491 e. The van der Waals surface area contributed by atoms with Gasteiger partial charge in [-0.05, 0) is 53.9 Å². The monoisotopic (exact) mass is 262 g/mol. The first kappa shape index (κ1) is 13.1. The zero-order valence-electron chi connectivity index (χ0n) is 10.7. The van der Waals surface area contributed by atoms with Crippen LogP contribution in [0.4, 0.5) is 0 Å². The molecule has 1 heterocycles. The lowest BCUT2D eigenvalue weighted by Crippen LogP contribution is -2.07. The van der Waals surface area contributed by atoms with E-state index in [1.54, 1.807) is 11.3 Å². The Labute approximate surface area is 112 Å². The molecule has 0 aliphatic heterocycles. The van der Waals surface area contributed by atoms with Crippen LogP contribution in [0.5, 0.6) is 5.75 Å². The average molecular weight is 262 g/mol. The minimum atomic E-state index is -0.477. The van der Waals surface area contributed by atoms with Crippen molar-refractivity contribution in [1.82, 2.24) is 0 Å². The minimum Gasteiger partial charge on any atom is -0.491 e. The van der Waals surface area contributed by atoms with E-state index < -0.39 is 6.10 Å². The Bertz CT molecular complexity index is 477. The van der Waals surface area contributed by atoms with E-state index in [4.69, 9.17) is 4.74 Å². The van der Waals surface area contributed by atoms with Crippen molar-refractivity contribution in [3.63, 3.8) is 0 Å². The predicted octanol–water partition coefficient (Wildman–Crippen LogP) is 3.81. The van der Waals surface area contributed by atoms with Crippen molar-refractivity contribution >= 4 is 11.3 Å². The van der Waals surface area contributed by atoms with Crippen molar-refractivity contribution < 1.29 is 9.84 Å². The number of thiophene rings is 1. The number of aliphatic hydroxyl groups excluding tert-OH is 1. The summed E-state index contributed by atoms with van der Waals surface area (Å²) in [5.41, 5.74) is 2.07. The van der Waals surface area contributed by atoms with E-state index in [1.807, 2.05) is 49.6 Å². The van der Waals surface area contributed by atoms with E-state index in [-0.39, 0.29) is 6.10 Å². The van der Waals surface area contributed by atoms with Crippen LogP contribution in [0.1, 0.15) is 31.1 Å². The van der Waals surface area contributed by atoms with Gasteiger partial charge in [0.25, 0.3) is 0 Å². The molecule has 1 N–H and O–H groups in total. The second-order valence-electron chi connectivity index (χ2n) is 4.59. The predicted molar refractivity (Wildman–Crippen MR) is 75.2 cm³/mol. The first-order chi connectivity index (χ1) is 8.65. The van der Waals surface area contributed by atoms with Gasteiger partial charge in [-0.25, -0.2) is 0 Å². The lowest BCUT2D eigenvalue weighted by atomic mass is 10.0. The first-order valence-electron chi connectivity index (χ1n) is 6.11. The van der Waals surface area contributed by atoms with Gasteiger partial charge in [-0.1, -0.05) is 12.1 Å². The molecule has 96 valence electrons. The Balaban J connectivity index is 2.07. The van der Waals surface area contributed by atoms with Crippen LogP contribution >= 0.6 is 11.3 Å². The van der Waals surface area contributed by atoms with Crippen LogP contribution in [-0.2, 0) is 6.42 Å². The first-order valence-corrected chi connectivity index (χ1v) is 7.05. The molecule has 1 aromatic heterocycles. The molecule has 0 fully saturated rings. The highest BCUT2D eigenvalue weighted by molar-refractivity contribution is 7.07. The van der Waals surface area contributed by atoms with Crippen molar-refractivity contribution in [3.05, 3.63) is 52.2 Å². The molecular formula is C15H18O2S. The minimum absolute atomic E-state index is 0.147. The Morgan fingerprint density at radius 1 is 1.28 bits per heavy atom. The number of rotatable bonds is 5. The molecular weight excluding hydrogens is 244 g/mol. The van der Waals surface area contributed by atoms with Gasteiger partial charge in [0.1, 0.15) is 5.75 Å². The highest BCUT2D eigenvalue weighted by Crippen LogP contribution is 2.23. The molecule has 2 rings (SSSR count). The summed E-state index contributed by atoms with van der Waals surface area (Å²) >= 11 is 1.65. The highest BCUT2D eigenvalue weighted by Gasteiger charge is 2.10. The number of hydrogen-bond acceptors (Lipinski definition) is 3. The molecule has 1 atom stereocenters. The van der Waals surface area contributed by atoms with Crippen molar-refractivity contribution in [2.24, 2.45) is 0 Å². The van der Waals surface area contributed by atoms with E-state index in [0.29, 0.717) is 6.42 Å². The smallest absolute Gasteiger partial charge is 0.120 e. The van der Waals surface area contributed by atoms with Gasteiger partial charge < -0.3 is 9.84 Å². The molecule has 0 saturated carbocycles. The lowest BCUT2D eigenvalue weighted by Gasteiger charge is -2.14. The van der Waals surface area contributed by atoms with Crippen LogP contribution < -0.4 is 4.74 Å². The molecule has 1 unspecified atom stereocenters. The molecule has 0 radical (unpaired) electrons. The summed E-state index contributed by atoms with van der Waals surface area (Å²) in [7, 11) is 0. The molecule has 2 aromatic rings. The maximum absolute atomic E-state index is 10.2. The van der Waals surface area contributed by atoms with Gasteiger partial charge in [0.15, 0.2) is 0 Å². The van der Waals surface area contributed by atoms with Gasteiger partial charge in [0, 0.05) is 6.42 Å². The van der Waals surface area contributed by atoms with Crippen LogP contribution in [0.25, 0.3) is 0 Å². The summed E-state index contributed by atoms with van der Waals surface area (Å²) in [4.78, 5) is 0. The molecule has 2 nitrogen and oxygen atoms in total. The summed E-state index contributed by atoms with van der Waals surface area (Å²) in [5, 5.41) is 14.3. The summed E-state index contributed by atoms with van der Waals surface area (Å²) in [6.45, 7) is 3.99. The van der Waals surface area contributed by atoms with Gasteiger partial charge in [0.2, 0.25) is 0 Å². The summed E-state index contributed by atoms with van der Waals surface area (Å²) in [6.07, 6.45) is 0.318. The third-order valence-corrected chi connectivity index (χ3v) is 3.36. The third kappa shape index (κ3) is 3.59. The van der Waals surface area contributed by atoms with Gasteiger partial charge in [-0.3, -0.25) is 0 Å². The lowest BCUT2D eigenvalue weighted by molar-refractivity contribution is 0.177. The molecule has 0 bridgehead atoms. The van der Waals surface area contributed by atoms with Gasteiger partial charge in [0.05, 0.1) is 12.2 Å². The van der Waals surface area contributed by atoms with Crippen molar-refractivity contribution in [1.29, 1.82) is 0 Å². The van der Waals surface area contributed by atoms with Crippen molar-refractivity contribution in [2.75, 3.05) is 0 Å². The zero-order chi connectivity index (χ0) is 13.0. The molecule has 0 saturated heterocycles. The van der Waals surface area contributed by atoms with Crippen LogP contribution in [0.3, 0.4) is 0 Å². The average Bonchev–Trinajstić information content (AvgIpc) is 2.81. The van der Waals surface area contributed by atoms with Crippen molar-refractivity contribution in [2.45, 2.75) is 32.5 Å². The normalized spacial score (nSPS) is 12.7. The van der Waals surface area contributed by atoms with Crippen LogP contribution in [0.15, 0.2) is 41.1 Å². The molecule has 0 amide bonds. The SMILES string of the molecule is CC(C)Oc1cccc(C(O)Cc2ccsc2)c1. The fourth-order valence-electron chi connectivity index (χ4n) is 1.82. The maximum Gasteiger partial charge on any atom is 0.120 e. The van der Waals surface area contributed by atoms with E-state index >= 15 is 0 Å². The quantitative estimate of drug-likeness (QED) is 0.887. The van der Waals surface area contributed by atoms with Gasteiger partial charge in [-0.15, -0.1) is 0 Å². The van der Waals surface area contributed by atoms with Gasteiger partial charge in [-0.2, -0.15) is 11.3 Å². The van der Waals surface area contributed by atoms with Crippen LogP contribution in [0.2, 0.25) is 0 Å². The molecule has 0 aliphatic rings. The number of hydrogen-bond donors (Lipinski definition) is 1. The number of ether oxygens (including phenoxy) is 1. The summed E-state index contributed by atoms with van der Waals surface area (Å²) in [6, 6.07) is 9.73. The Hall–Kier alpha value is -1.32. The summed E-state index contributed by atoms with van der Waals surface area (Å²) < 4.78 is 5.63. The van der Waals surface area contributed by atoms with Gasteiger partial charge >= 0.3 is 0 Å². The fourth-order valence-corrected chi connectivity index (χ4v) is 2.50. The molecule has 18 heavy (non-hydrogen) atoms. The standard InChI is InChI=1S/C15H18O2S/c1-11(2)17-14-5-3-4-13(9-14)15(16)8-12-6-7-18-10-12/h3-7,9-11,15-16H,8H2,1-2H3. The third-order valence-electron chi connectivity index (χ3n) is 2.62. The Kier molecular flexibility index (Phi) is 4.39. The zero-order valence-corrected chi connectivity index (χ0v) is 11.5. The number of benzene rings is 1. The van der Waals surface area contributed by atoms with E-state index in [2.05, 4.69) is 5.38 Å². The molecule has 0 aliphatic carbocycles. The van der Waals surface area contributed by atoms with Crippen molar-refractivity contribution in [3.8, 4) is 5.75 Å². The van der Waals surface area contributed by atoms with Crippen LogP contribution in [0, 0.1) is 0 Å². The molecule has 1 aromatic carbocycles. The fraction of sp³-hybridized carbons (Fsp3) is 0.333. The second-order valence-corrected chi connectivity index (χ2v) is 5.37. The Morgan fingerprint density at radius 3 is 2.78 bits per heavy atom. The highest BCUT2D eigenvalue weighted by atomic mass is 32.1. The second kappa shape index (κ2) is 6.03. The Morgan fingerprint density at radius 2 is 2.11 bits per heavy atom. The van der Waals surface area contributed by atoms with Crippen LogP contribution in [-0.4, -0.2) is 11.2 Å². The summed E-state index contributed by atoms with van der Waals surface area (Å²) in [5.74, 6) is 0.812. The maximum atomic E-state index is 10.2. The number of aliphatic hydroxyl groups is 1. The molecule has 0 spiro atoms.